The van der Waals surface area contributed by atoms with Gasteiger partial charge in [0.15, 0.2) is 0 Å². The lowest BCUT2D eigenvalue weighted by atomic mass is 9.65. The van der Waals surface area contributed by atoms with Gasteiger partial charge in [-0.2, -0.15) is 0 Å². The molecule has 1 aliphatic rings. The predicted molar refractivity (Wildman–Crippen MR) is 68.6 cm³/mol. The van der Waals surface area contributed by atoms with Crippen LogP contribution in [0.15, 0.2) is 12.2 Å². The summed E-state index contributed by atoms with van der Waals surface area (Å²) < 4.78 is 16.9. The Morgan fingerprint density at radius 3 is 2.59 bits per heavy atom. The quantitative estimate of drug-likeness (QED) is 0.669. The van der Waals surface area contributed by atoms with Crippen molar-refractivity contribution in [2.75, 3.05) is 27.4 Å². The minimum absolute atomic E-state index is 0.0257. The van der Waals surface area contributed by atoms with Gasteiger partial charge in [-0.05, 0) is 19.3 Å². The highest BCUT2D eigenvalue weighted by Crippen LogP contribution is 2.47. The first-order valence-corrected chi connectivity index (χ1v) is 6.30. The first-order valence-electron chi connectivity index (χ1n) is 6.30. The fraction of sp³-hybridized carbons (Fsp3) is 0.786. The van der Waals surface area contributed by atoms with Crippen molar-refractivity contribution in [3.63, 3.8) is 0 Å². The van der Waals surface area contributed by atoms with Crippen molar-refractivity contribution in [2.45, 2.75) is 33.3 Å². The normalized spacial score (nSPS) is 30.1. The number of hydrogen-bond donors (Lipinski definition) is 0. The Morgan fingerprint density at radius 2 is 2.12 bits per heavy atom. The lowest BCUT2D eigenvalue weighted by molar-refractivity contribution is -0.103. The van der Waals surface area contributed by atoms with E-state index in [1.807, 2.05) is 6.92 Å². The maximum atomic E-state index is 5.69. The summed E-state index contributed by atoms with van der Waals surface area (Å²) in [6, 6.07) is 0. The Kier molecular flexibility index (Phi) is 5.63. The molecule has 1 aliphatic carbocycles. The van der Waals surface area contributed by atoms with Crippen molar-refractivity contribution in [1.29, 1.82) is 0 Å². The first kappa shape index (κ1) is 14.7. The molecule has 0 heterocycles. The zero-order valence-corrected chi connectivity index (χ0v) is 11.7. The van der Waals surface area contributed by atoms with Gasteiger partial charge in [0.2, 0.25) is 0 Å². The van der Waals surface area contributed by atoms with E-state index in [0.29, 0.717) is 19.1 Å². The summed E-state index contributed by atoms with van der Waals surface area (Å²) in [7, 11) is 3.49. The van der Waals surface area contributed by atoms with E-state index in [1.54, 1.807) is 14.2 Å². The third-order valence-electron chi connectivity index (χ3n) is 3.72. The number of hydrogen-bond acceptors (Lipinski definition) is 3. The third kappa shape index (κ3) is 2.72. The molecule has 0 aromatic rings. The van der Waals surface area contributed by atoms with Crippen LogP contribution in [0.2, 0.25) is 0 Å². The summed E-state index contributed by atoms with van der Waals surface area (Å²) in [6.07, 6.45) is 6.18. The van der Waals surface area contributed by atoms with E-state index in [9.17, 15) is 0 Å². The van der Waals surface area contributed by atoms with Gasteiger partial charge in [0.1, 0.15) is 6.10 Å². The molecule has 3 nitrogen and oxygen atoms in total. The summed E-state index contributed by atoms with van der Waals surface area (Å²) >= 11 is 0. The number of methoxy groups -OCH3 is 2. The van der Waals surface area contributed by atoms with Gasteiger partial charge in [-0.1, -0.05) is 26.0 Å². The van der Waals surface area contributed by atoms with Crippen molar-refractivity contribution >= 4 is 0 Å². The molecule has 0 bridgehead atoms. The van der Waals surface area contributed by atoms with Crippen LogP contribution in [0.1, 0.15) is 27.2 Å². The molecule has 1 radical (unpaired) electrons. The van der Waals surface area contributed by atoms with Gasteiger partial charge >= 0.3 is 0 Å². The topological polar surface area (TPSA) is 27.7 Å². The van der Waals surface area contributed by atoms with E-state index >= 15 is 0 Å². The van der Waals surface area contributed by atoms with Gasteiger partial charge in [0.25, 0.3) is 0 Å². The maximum absolute atomic E-state index is 5.69. The molecule has 0 N–H and O–H groups in total. The molecule has 0 aliphatic heterocycles. The van der Waals surface area contributed by atoms with Crippen molar-refractivity contribution in [3.05, 3.63) is 18.3 Å². The predicted octanol–water partition coefficient (Wildman–Crippen LogP) is 2.82. The van der Waals surface area contributed by atoms with E-state index in [4.69, 9.17) is 14.2 Å². The highest BCUT2D eigenvalue weighted by molar-refractivity contribution is 5.19. The number of ether oxygens (including phenoxy) is 3. The fourth-order valence-electron chi connectivity index (χ4n) is 2.63. The van der Waals surface area contributed by atoms with Gasteiger partial charge in [0, 0.05) is 20.8 Å². The second kappa shape index (κ2) is 6.53. The fourth-order valence-corrected chi connectivity index (χ4v) is 2.63. The number of rotatable bonds is 6. The third-order valence-corrected chi connectivity index (χ3v) is 3.72. The summed E-state index contributed by atoms with van der Waals surface area (Å²) in [5.41, 5.74) is -0.172. The summed E-state index contributed by atoms with van der Waals surface area (Å²) in [5.74, 6) is 0.402. The maximum Gasteiger partial charge on any atom is 0.112 e. The highest BCUT2D eigenvalue weighted by Gasteiger charge is 2.50. The van der Waals surface area contributed by atoms with Crippen molar-refractivity contribution in [1.82, 2.24) is 0 Å². The van der Waals surface area contributed by atoms with Crippen LogP contribution in [0.5, 0.6) is 0 Å². The molecule has 99 valence electrons. The monoisotopic (exact) mass is 241 g/mol. The van der Waals surface area contributed by atoms with E-state index in [2.05, 4.69) is 26.0 Å². The Hall–Kier alpha value is -0.380. The summed E-state index contributed by atoms with van der Waals surface area (Å²) in [6.45, 7) is 7.77. The van der Waals surface area contributed by atoms with Crippen LogP contribution in [-0.2, 0) is 14.2 Å². The summed E-state index contributed by atoms with van der Waals surface area (Å²) in [4.78, 5) is 0. The summed E-state index contributed by atoms with van der Waals surface area (Å²) in [5, 5.41) is 0. The Labute approximate surface area is 105 Å². The van der Waals surface area contributed by atoms with Crippen molar-refractivity contribution in [3.8, 4) is 0 Å². The molecule has 0 aromatic heterocycles. The Bertz CT molecular complexity index is 250. The second-order valence-electron chi connectivity index (χ2n) is 4.75. The largest absolute Gasteiger partial charge is 0.381 e. The SMILES string of the molecule is CCOCC1(C(C)C)[C](OC)CC=CC1OC. The van der Waals surface area contributed by atoms with Gasteiger partial charge in [-0.25, -0.2) is 0 Å². The molecule has 1 rings (SSSR count). The van der Waals surface area contributed by atoms with E-state index in [0.717, 1.165) is 12.5 Å². The second-order valence-corrected chi connectivity index (χ2v) is 4.75. The molecular formula is C14H25O3. The van der Waals surface area contributed by atoms with Crippen LogP contribution in [0.3, 0.4) is 0 Å². The van der Waals surface area contributed by atoms with Crippen LogP contribution in [0.25, 0.3) is 0 Å². The highest BCUT2D eigenvalue weighted by atomic mass is 16.5. The van der Waals surface area contributed by atoms with Crippen LogP contribution in [-0.4, -0.2) is 33.5 Å². The van der Waals surface area contributed by atoms with Gasteiger partial charge in [-0.3, -0.25) is 0 Å². The molecule has 2 atom stereocenters. The Balaban J connectivity index is 3.04. The van der Waals surface area contributed by atoms with Crippen molar-refractivity contribution < 1.29 is 14.2 Å². The molecule has 0 saturated carbocycles. The van der Waals surface area contributed by atoms with Crippen LogP contribution >= 0.6 is 0 Å². The van der Waals surface area contributed by atoms with E-state index in [1.165, 1.54) is 0 Å². The molecule has 0 fully saturated rings. The molecule has 2 unspecified atom stereocenters. The molecule has 0 amide bonds. The average Bonchev–Trinajstić information content (AvgIpc) is 2.35. The van der Waals surface area contributed by atoms with E-state index in [-0.39, 0.29) is 11.5 Å². The molecule has 0 saturated heterocycles. The Morgan fingerprint density at radius 1 is 1.41 bits per heavy atom. The van der Waals surface area contributed by atoms with Crippen LogP contribution in [0, 0.1) is 17.4 Å². The van der Waals surface area contributed by atoms with Crippen molar-refractivity contribution in [2.24, 2.45) is 11.3 Å². The molecule has 17 heavy (non-hydrogen) atoms. The zero-order chi connectivity index (χ0) is 12.9. The van der Waals surface area contributed by atoms with Gasteiger partial charge in [0.05, 0.1) is 18.1 Å². The van der Waals surface area contributed by atoms with Gasteiger partial charge < -0.3 is 14.2 Å². The molecule has 3 heteroatoms. The zero-order valence-electron chi connectivity index (χ0n) is 11.7. The smallest absolute Gasteiger partial charge is 0.112 e. The molecule has 0 aromatic carbocycles. The average molecular weight is 241 g/mol. The van der Waals surface area contributed by atoms with Crippen LogP contribution in [0.4, 0.5) is 0 Å². The standard InChI is InChI=1S/C14H25O3/c1-6-17-10-14(11(2)3)12(15-4)8-7-9-13(14)16-5/h7-8,11-12H,6,9-10H2,1-5H3. The van der Waals surface area contributed by atoms with E-state index < -0.39 is 0 Å². The lowest BCUT2D eigenvalue weighted by Crippen LogP contribution is -2.50. The minimum atomic E-state index is -0.172. The first-order chi connectivity index (χ1) is 8.13. The lowest BCUT2D eigenvalue weighted by Gasteiger charge is -2.47. The minimum Gasteiger partial charge on any atom is -0.381 e. The molecular weight excluding hydrogens is 216 g/mol. The van der Waals surface area contributed by atoms with Gasteiger partial charge in [-0.15, -0.1) is 0 Å². The molecule has 0 spiro atoms. The van der Waals surface area contributed by atoms with Crippen LogP contribution < -0.4 is 0 Å².